The van der Waals surface area contributed by atoms with Crippen LogP contribution >= 0.6 is 0 Å². The van der Waals surface area contributed by atoms with Crippen molar-refractivity contribution in [3.63, 3.8) is 0 Å². The number of ether oxygens (including phenoxy) is 2. The van der Waals surface area contributed by atoms with Crippen molar-refractivity contribution >= 4 is 11.9 Å². The van der Waals surface area contributed by atoms with E-state index < -0.39 is 11.2 Å². The number of aryl methyl sites for hydroxylation is 1. The maximum absolute atomic E-state index is 14.2. The van der Waals surface area contributed by atoms with E-state index in [1.807, 2.05) is 60.7 Å². The van der Waals surface area contributed by atoms with Crippen molar-refractivity contribution in [2.75, 3.05) is 26.2 Å². The van der Waals surface area contributed by atoms with Crippen molar-refractivity contribution in [1.82, 2.24) is 10.6 Å². The largest absolute Gasteiger partial charge is 0.450 e. The normalized spacial score (nSPS) is 17.7. The Bertz CT molecular complexity index is 2050. The highest BCUT2D eigenvalue weighted by Gasteiger charge is 2.40. The SMILES string of the molecule is O=C(OC1(c2ccccc2)CCNCC1)c1ccccc1-c1ccc(Cc2cc3c(c(C(=O)OC4(c5ccccc5)CCNCC4)c2)CCCC3)cc1. The Labute approximate surface area is 312 Å². The van der Waals surface area contributed by atoms with Crippen LogP contribution in [0.5, 0.6) is 0 Å². The molecule has 0 radical (unpaired) electrons. The predicted molar refractivity (Wildman–Crippen MR) is 209 cm³/mol. The molecule has 3 aliphatic rings. The summed E-state index contributed by atoms with van der Waals surface area (Å²) in [5.41, 5.74) is 8.59. The summed E-state index contributed by atoms with van der Waals surface area (Å²) in [4.78, 5) is 28.1. The van der Waals surface area contributed by atoms with Crippen LogP contribution in [0.15, 0.2) is 121 Å². The van der Waals surface area contributed by atoms with Crippen molar-refractivity contribution in [3.8, 4) is 11.1 Å². The number of fused-ring (bicyclic) bond motifs is 1. The zero-order valence-corrected chi connectivity index (χ0v) is 30.4. The summed E-state index contributed by atoms with van der Waals surface area (Å²) in [5, 5.41) is 6.85. The van der Waals surface area contributed by atoms with Gasteiger partial charge in [0.2, 0.25) is 0 Å². The van der Waals surface area contributed by atoms with E-state index in [9.17, 15) is 9.59 Å². The van der Waals surface area contributed by atoms with E-state index in [-0.39, 0.29) is 11.9 Å². The first-order valence-corrected chi connectivity index (χ1v) is 19.3. The highest BCUT2D eigenvalue weighted by atomic mass is 16.6. The number of benzene rings is 5. The second-order valence-corrected chi connectivity index (χ2v) is 14.9. The van der Waals surface area contributed by atoms with Gasteiger partial charge < -0.3 is 20.1 Å². The molecule has 1 aliphatic carbocycles. The van der Waals surface area contributed by atoms with Crippen LogP contribution in [-0.4, -0.2) is 38.1 Å². The third kappa shape index (κ3) is 7.44. The minimum Gasteiger partial charge on any atom is -0.450 e. The molecule has 2 aliphatic heterocycles. The minimum atomic E-state index is -0.656. The van der Waals surface area contributed by atoms with Crippen molar-refractivity contribution < 1.29 is 19.1 Å². The van der Waals surface area contributed by atoms with Gasteiger partial charge in [0.1, 0.15) is 11.2 Å². The molecular weight excluding hydrogens is 657 g/mol. The average Bonchev–Trinajstić information content (AvgIpc) is 3.22. The van der Waals surface area contributed by atoms with Crippen LogP contribution in [0.25, 0.3) is 11.1 Å². The van der Waals surface area contributed by atoms with Crippen molar-refractivity contribution in [2.24, 2.45) is 0 Å². The highest BCUT2D eigenvalue weighted by Crippen LogP contribution is 2.39. The molecule has 0 bridgehead atoms. The van der Waals surface area contributed by atoms with Gasteiger partial charge in [-0.15, -0.1) is 0 Å². The first-order chi connectivity index (χ1) is 26.0. The van der Waals surface area contributed by atoms with E-state index in [0.29, 0.717) is 12.0 Å². The second kappa shape index (κ2) is 15.5. The van der Waals surface area contributed by atoms with Gasteiger partial charge in [0.25, 0.3) is 0 Å². The maximum atomic E-state index is 14.2. The lowest BCUT2D eigenvalue weighted by molar-refractivity contribution is -0.0386. The Kier molecular flexibility index (Phi) is 10.2. The first-order valence-electron chi connectivity index (χ1n) is 19.3. The number of esters is 2. The Morgan fingerprint density at radius 2 is 1.08 bits per heavy atom. The van der Waals surface area contributed by atoms with Crippen LogP contribution in [0.3, 0.4) is 0 Å². The summed E-state index contributed by atoms with van der Waals surface area (Å²) in [6.45, 7) is 3.22. The molecule has 2 saturated heterocycles. The van der Waals surface area contributed by atoms with Gasteiger partial charge in [-0.3, -0.25) is 0 Å². The average molecular weight is 705 g/mol. The summed E-state index contributed by atoms with van der Waals surface area (Å²) >= 11 is 0. The molecule has 5 aromatic carbocycles. The first kappa shape index (κ1) is 35.0. The third-order valence-electron chi connectivity index (χ3n) is 11.6. The number of hydrogen-bond acceptors (Lipinski definition) is 6. The van der Waals surface area contributed by atoms with E-state index >= 15 is 0 Å². The fourth-order valence-electron chi connectivity index (χ4n) is 8.68. The molecule has 0 saturated carbocycles. The fourth-order valence-corrected chi connectivity index (χ4v) is 8.68. The van der Waals surface area contributed by atoms with Crippen LogP contribution in [0.1, 0.15) is 92.6 Å². The summed E-state index contributed by atoms with van der Waals surface area (Å²) in [7, 11) is 0. The Hall–Kier alpha value is -5.04. The molecule has 53 heavy (non-hydrogen) atoms. The lowest BCUT2D eigenvalue weighted by atomic mass is 9.83. The molecule has 6 nitrogen and oxygen atoms in total. The van der Waals surface area contributed by atoms with Crippen molar-refractivity contribution in [3.05, 3.63) is 166 Å². The Morgan fingerprint density at radius 1 is 0.547 bits per heavy atom. The maximum Gasteiger partial charge on any atom is 0.339 e. The van der Waals surface area contributed by atoms with E-state index in [1.54, 1.807) is 0 Å². The van der Waals surface area contributed by atoms with Crippen LogP contribution in [0.2, 0.25) is 0 Å². The summed E-state index contributed by atoms with van der Waals surface area (Å²) in [6, 6.07) is 40.9. The quantitative estimate of drug-likeness (QED) is 0.150. The molecule has 2 heterocycles. The summed E-state index contributed by atoms with van der Waals surface area (Å²) in [6.07, 6.45) is 7.75. The van der Waals surface area contributed by atoms with Gasteiger partial charge in [-0.2, -0.15) is 0 Å². The molecule has 5 aromatic rings. The van der Waals surface area contributed by atoms with Crippen LogP contribution in [-0.2, 0) is 39.9 Å². The fraction of sp³-hybridized carbons (Fsp3) is 0.319. The molecule has 270 valence electrons. The molecule has 2 N–H and O–H groups in total. The smallest absolute Gasteiger partial charge is 0.339 e. The number of piperidine rings is 2. The Balaban J connectivity index is 1.04. The molecule has 8 rings (SSSR count). The molecular formula is C47H48N2O4. The predicted octanol–water partition coefficient (Wildman–Crippen LogP) is 8.69. The number of rotatable bonds is 9. The van der Waals surface area contributed by atoms with Crippen LogP contribution in [0, 0.1) is 0 Å². The molecule has 6 heteroatoms. The zero-order valence-electron chi connectivity index (χ0n) is 30.4. The number of hydrogen-bond donors (Lipinski definition) is 2. The molecule has 0 atom stereocenters. The lowest BCUT2D eigenvalue weighted by Gasteiger charge is -2.38. The number of carbonyl (C=O) groups is 2. The Morgan fingerprint density at radius 3 is 1.68 bits per heavy atom. The van der Waals surface area contributed by atoms with Gasteiger partial charge in [-0.05, 0) is 115 Å². The van der Waals surface area contributed by atoms with Gasteiger partial charge in [0.15, 0.2) is 0 Å². The van der Waals surface area contributed by atoms with Crippen LogP contribution < -0.4 is 10.6 Å². The molecule has 0 aromatic heterocycles. The van der Waals surface area contributed by atoms with E-state index in [2.05, 4.69) is 71.3 Å². The van der Waals surface area contributed by atoms with Crippen LogP contribution in [0.4, 0.5) is 0 Å². The monoisotopic (exact) mass is 704 g/mol. The van der Waals surface area contributed by atoms with Gasteiger partial charge in [-0.1, -0.05) is 109 Å². The van der Waals surface area contributed by atoms with Gasteiger partial charge in [0.05, 0.1) is 11.1 Å². The van der Waals surface area contributed by atoms with Gasteiger partial charge >= 0.3 is 11.9 Å². The second-order valence-electron chi connectivity index (χ2n) is 14.9. The topological polar surface area (TPSA) is 76.7 Å². The van der Waals surface area contributed by atoms with Gasteiger partial charge in [0, 0.05) is 25.7 Å². The van der Waals surface area contributed by atoms with Crippen molar-refractivity contribution in [2.45, 2.75) is 69.0 Å². The van der Waals surface area contributed by atoms with E-state index in [1.165, 1.54) is 5.56 Å². The zero-order chi connectivity index (χ0) is 36.1. The molecule has 0 spiro atoms. The van der Waals surface area contributed by atoms with Gasteiger partial charge in [-0.25, -0.2) is 9.59 Å². The van der Waals surface area contributed by atoms with E-state index in [4.69, 9.17) is 9.47 Å². The minimum absolute atomic E-state index is 0.215. The highest BCUT2D eigenvalue weighted by molar-refractivity contribution is 5.97. The molecule has 0 unspecified atom stereocenters. The summed E-state index contributed by atoms with van der Waals surface area (Å²) in [5.74, 6) is -0.518. The summed E-state index contributed by atoms with van der Waals surface area (Å²) < 4.78 is 13.0. The standard InChI is InChI=1S/C47H48N2O4/c50-44(52-46(23-27-48-28-24-46)38-12-3-1-4-13-38)42-18-10-9-16-40(42)36-21-19-34(20-22-36)31-35-32-37-11-7-8-17-41(37)43(33-35)45(51)53-47(25-29-49-30-26-47)39-14-5-2-6-15-39/h1-6,9-10,12-16,18-22,32-33,48-49H,7-8,11,17,23-31H2. The molecule has 2 fully saturated rings. The number of carbonyl (C=O) groups excluding carboxylic acids is 2. The van der Waals surface area contributed by atoms with E-state index in [0.717, 1.165) is 122 Å². The number of nitrogens with one attached hydrogen (secondary N) is 2. The third-order valence-corrected chi connectivity index (χ3v) is 11.6. The lowest BCUT2D eigenvalue weighted by Crippen LogP contribution is -2.43. The van der Waals surface area contributed by atoms with Crippen molar-refractivity contribution in [1.29, 1.82) is 0 Å². The molecule has 0 amide bonds.